The van der Waals surface area contributed by atoms with Crippen LogP contribution in [-0.4, -0.2) is 9.97 Å². The number of alkyl halides is 3. The van der Waals surface area contributed by atoms with E-state index in [1.807, 2.05) is 0 Å². The summed E-state index contributed by atoms with van der Waals surface area (Å²) in [6.45, 7) is 0. The molecule has 1 saturated carbocycles. The molecule has 150 valence electrons. The molecule has 0 unspecified atom stereocenters. The first-order valence-corrected chi connectivity index (χ1v) is 9.00. The highest BCUT2D eigenvalue weighted by Crippen LogP contribution is 2.45. The van der Waals surface area contributed by atoms with Gasteiger partial charge in [-0.05, 0) is 35.9 Å². The number of nitrogen functional groups attached to an aromatic ring is 1. The van der Waals surface area contributed by atoms with E-state index < -0.39 is 17.7 Å². The number of hydrogen-bond donors (Lipinski definition) is 1. The summed E-state index contributed by atoms with van der Waals surface area (Å²) in [6.07, 6.45) is 0.404. The summed E-state index contributed by atoms with van der Waals surface area (Å²) in [4.78, 5) is 9.72. The lowest BCUT2D eigenvalue weighted by atomic mass is 9.79. The van der Waals surface area contributed by atoms with Crippen LogP contribution in [0.1, 0.15) is 36.4 Å². The molecule has 0 bridgehead atoms. The first-order valence-electron chi connectivity index (χ1n) is 9.00. The van der Waals surface area contributed by atoms with Crippen molar-refractivity contribution in [3.05, 3.63) is 59.9 Å². The van der Waals surface area contributed by atoms with Gasteiger partial charge in [-0.15, -0.1) is 0 Å². The average molecular weight is 405 g/mol. The Morgan fingerprint density at radius 3 is 2.52 bits per heavy atom. The second-order valence-electron chi connectivity index (χ2n) is 6.84. The van der Waals surface area contributed by atoms with Gasteiger partial charge in [0.1, 0.15) is 5.82 Å². The Morgan fingerprint density at radius 2 is 1.90 bits per heavy atom. The van der Waals surface area contributed by atoms with E-state index in [1.165, 1.54) is 6.20 Å². The molecule has 3 aromatic rings. The minimum atomic E-state index is -4.64. The zero-order chi connectivity index (χ0) is 20.6. The predicted octanol–water partition coefficient (Wildman–Crippen LogP) is 4.76. The van der Waals surface area contributed by atoms with Crippen LogP contribution in [-0.2, 0) is 6.18 Å². The Hall–Kier alpha value is -3.23. The summed E-state index contributed by atoms with van der Waals surface area (Å²) < 4.78 is 59.9. The lowest BCUT2D eigenvalue weighted by Gasteiger charge is -2.28. The zero-order valence-electron chi connectivity index (χ0n) is 15.1. The van der Waals surface area contributed by atoms with Crippen LogP contribution in [0.2, 0.25) is 0 Å². The molecule has 0 amide bonds. The maximum absolute atomic E-state index is 15.4. The molecule has 3 N–H and O–H groups in total. The minimum absolute atomic E-state index is 0.0976. The number of halogens is 4. The van der Waals surface area contributed by atoms with E-state index in [2.05, 4.69) is 15.0 Å². The fourth-order valence-electron chi connectivity index (χ4n) is 3.20. The van der Waals surface area contributed by atoms with Crippen LogP contribution in [0.15, 0.2) is 42.9 Å². The highest BCUT2D eigenvalue weighted by molar-refractivity contribution is 5.67. The van der Waals surface area contributed by atoms with Gasteiger partial charge in [-0.2, -0.15) is 13.2 Å². The average Bonchev–Trinajstić information content (AvgIpc) is 2.64. The fourth-order valence-corrected chi connectivity index (χ4v) is 3.20. The van der Waals surface area contributed by atoms with Crippen LogP contribution in [0.4, 0.5) is 23.4 Å². The van der Waals surface area contributed by atoms with E-state index >= 15 is 4.39 Å². The quantitative estimate of drug-likeness (QED) is 0.635. The van der Waals surface area contributed by atoms with Crippen molar-refractivity contribution >= 4 is 5.82 Å². The van der Waals surface area contributed by atoms with E-state index in [0.29, 0.717) is 23.0 Å². The molecular formula is C20H17F4N4O+. The fraction of sp³-hybridized carbons (Fsp3) is 0.250. The number of nitrogens with zero attached hydrogens (tertiary/aromatic N) is 2. The molecule has 1 aliphatic carbocycles. The van der Waals surface area contributed by atoms with Gasteiger partial charge in [0.25, 0.3) is 17.9 Å². The number of rotatable bonds is 4. The molecule has 9 heteroatoms. The van der Waals surface area contributed by atoms with Crippen molar-refractivity contribution in [2.75, 3.05) is 5.73 Å². The van der Waals surface area contributed by atoms with E-state index in [1.54, 1.807) is 24.3 Å². The van der Waals surface area contributed by atoms with Gasteiger partial charge in [0.05, 0.1) is 6.07 Å². The van der Waals surface area contributed by atoms with Gasteiger partial charge in [0.2, 0.25) is 0 Å². The first-order chi connectivity index (χ1) is 13.8. The van der Waals surface area contributed by atoms with E-state index in [4.69, 9.17) is 10.5 Å². The molecule has 1 aliphatic rings. The normalized spacial score (nSPS) is 14.5. The Bertz CT molecular complexity index is 1030. The molecule has 2 heterocycles. The van der Waals surface area contributed by atoms with E-state index in [0.717, 1.165) is 25.6 Å². The number of benzene rings is 1. The summed E-state index contributed by atoms with van der Waals surface area (Å²) in [7, 11) is 0. The third-order valence-electron chi connectivity index (χ3n) is 4.95. The number of H-pyrrole nitrogens is 1. The van der Waals surface area contributed by atoms with Crippen molar-refractivity contribution in [1.82, 2.24) is 9.97 Å². The highest BCUT2D eigenvalue weighted by atomic mass is 19.4. The molecule has 1 fully saturated rings. The Kier molecular flexibility index (Phi) is 4.81. The second kappa shape index (κ2) is 7.31. The monoisotopic (exact) mass is 405 g/mol. The van der Waals surface area contributed by atoms with Crippen LogP contribution in [0.3, 0.4) is 0 Å². The number of nitrogens with one attached hydrogen (secondary N) is 1. The van der Waals surface area contributed by atoms with Crippen molar-refractivity contribution in [3.8, 4) is 22.8 Å². The molecule has 4 rings (SSSR count). The summed E-state index contributed by atoms with van der Waals surface area (Å²) in [5.74, 6) is -0.622. The topological polar surface area (TPSA) is 75.2 Å². The maximum Gasteiger partial charge on any atom is 0.458 e. The molecule has 0 spiro atoms. The van der Waals surface area contributed by atoms with Crippen molar-refractivity contribution in [2.24, 2.45) is 0 Å². The van der Waals surface area contributed by atoms with Crippen molar-refractivity contribution in [3.63, 3.8) is 0 Å². The molecule has 0 radical (unpaired) electrons. The predicted molar refractivity (Wildman–Crippen MR) is 96.5 cm³/mol. The third kappa shape index (κ3) is 3.85. The molecule has 0 aliphatic heterocycles. The zero-order valence-corrected chi connectivity index (χ0v) is 15.1. The standard InChI is InChI=1S/C20H16F4N4O/c21-18-13(12-4-7-16(25)26-9-12)5-6-14(11-2-1-3-11)19(18)29-17-8-15(20(22,23)24)27-10-28-17/h4-11H,1-3H2,(H2,25,26)/p+1. The SMILES string of the molecule is Nc1ccc(-c2ccc(C3CCC3)c(Oc3cc(C(F)(F)F)nc[nH+]3)c2F)cn1. The van der Waals surface area contributed by atoms with Gasteiger partial charge in [0, 0.05) is 22.9 Å². The Labute approximate surface area is 163 Å². The first kappa shape index (κ1) is 19.1. The largest absolute Gasteiger partial charge is 0.458 e. The van der Waals surface area contributed by atoms with Gasteiger partial charge in [-0.1, -0.05) is 18.6 Å². The number of hydrogen-bond acceptors (Lipinski definition) is 4. The molecule has 1 aromatic carbocycles. The summed E-state index contributed by atoms with van der Waals surface area (Å²) in [5, 5.41) is 0. The number of pyridine rings is 1. The number of anilines is 1. The van der Waals surface area contributed by atoms with Crippen LogP contribution >= 0.6 is 0 Å². The van der Waals surface area contributed by atoms with Crippen LogP contribution in [0.5, 0.6) is 11.6 Å². The lowest BCUT2D eigenvalue weighted by Crippen LogP contribution is -2.16. The van der Waals surface area contributed by atoms with Gasteiger partial charge >= 0.3 is 6.18 Å². The summed E-state index contributed by atoms with van der Waals surface area (Å²) in [5.41, 5.74) is 5.78. The lowest BCUT2D eigenvalue weighted by molar-refractivity contribution is -0.396. The van der Waals surface area contributed by atoms with Gasteiger partial charge in [0.15, 0.2) is 11.6 Å². The number of aromatic nitrogens is 3. The third-order valence-corrected chi connectivity index (χ3v) is 4.95. The highest BCUT2D eigenvalue weighted by Gasteiger charge is 2.38. The van der Waals surface area contributed by atoms with Crippen molar-refractivity contribution in [1.29, 1.82) is 0 Å². The van der Waals surface area contributed by atoms with Gasteiger partial charge in [-0.3, -0.25) is 0 Å². The Morgan fingerprint density at radius 1 is 1.10 bits per heavy atom. The maximum atomic E-state index is 15.4. The summed E-state index contributed by atoms with van der Waals surface area (Å²) >= 11 is 0. The van der Waals surface area contributed by atoms with Crippen molar-refractivity contribution in [2.45, 2.75) is 31.4 Å². The number of nitrogens with two attached hydrogens (primary N) is 1. The van der Waals surface area contributed by atoms with Gasteiger partial charge < -0.3 is 10.5 Å². The van der Waals surface area contributed by atoms with E-state index in [9.17, 15) is 13.2 Å². The summed E-state index contributed by atoms with van der Waals surface area (Å²) in [6, 6.07) is 7.25. The molecule has 2 aromatic heterocycles. The molecule has 0 saturated heterocycles. The van der Waals surface area contributed by atoms with Crippen LogP contribution in [0, 0.1) is 5.82 Å². The number of aromatic amines is 1. The minimum Gasteiger partial charge on any atom is -0.420 e. The Balaban J connectivity index is 1.78. The smallest absolute Gasteiger partial charge is 0.420 e. The van der Waals surface area contributed by atoms with Crippen LogP contribution in [0.25, 0.3) is 11.1 Å². The molecule has 5 nitrogen and oxygen atoms in total. The van der Waals surface area contributed by atoms with E-state index in [-0.39, 0.29) is 23.1 Å². The molecule has 0 atom stereocenters. The second-order valence-corrected chi connectivity index (χ2v) is 6.84. The van der Waals surface area contributed by atoms with Gasteiger partial charge in [-0.25, -0.2) is 14.4 Å². The van der Waals surface area contributed by atoms with Crippen LogP contribution < -0.4 is 15.5 Å². The number of ether oxygens (including phenoxy) is 1. The molecule has 29 heavy (non-hydrogen) atoms. The van der Waals surface area contributed by atoms with Crippen molar-refractivity contribution < 1.29 is 27.3 Å². The molecular weight excluding hydrogens is 388 g/mol.